The monoisotopic (exact) mass is 600 g/mol. The normalized spacial score (nSPS) is 12.7. The fourth-order valence-corrected chi connectivity index (χ4v) is 20.2. The summed E-state index contributed by atoms with van der Waals surface area (Å²) >= 11 is -5.03. The molecule has 0 amide bonds. The number of hydrogen-bond donors (Lipinski definition) is 0. The molecule has 3 nitrogen and oxygen atoms in total. The van der Waals surface area contributed by atoms with Crippen LogP contribution in [0.1, 0.15) is 0 Å². The standard InChI is InChI=1S/3C7H7O.Bi.2ClH/c3*1-8-7-5-3-2-4-6-7;;;/h3*2-3,5-6H,1H3;;2*1H/q;;;+2;;/p-2. The van der Waals surface area contributed by atoms with Gasteiger partial charge in [0.1, 0.15) is 0 Å². The summed E-state index contributed by atoms with van der Waals surface area (Å²) < 4.78 is 18.9. The van der Waals surface area contributed by atoms with Gasteiger partial charge in [0.2, 0.25) is 0 Å². The van der Waals surface area contributed by atoms with E-state index in [1.54, 1.807) is 21.3 Å². The quantitative estimate of drug-likeness (QED) is 0.405. The molecule has 0 N–H and O–H groups in total. The summed E-state index contributed by atoms with van der Waals surface area (Å²) in [6, 6.07) is 23.0. The maximum absolute atomic E-state index is 7.57. The third-order valence-corrected chi connectivity index (χ3v) is 28.6. The van der Waals surface area contributed by atoms with E-state index in [0.29, 0.717) is 17.2 Å². The van der Waals surface area contributed by atoms with E-state index in [1.165, 1.54) is 0 Å². The van der Waals surface area contributed by atoms with Crippen molar-refractivity contribution < 1.29 is 14.2 Å². The molecule has 3 aromatic carbocycles. The molecule has 142 valence electrons. The van der Waals surface area contributed by atoms with Crippen molar-refractivity contribution in [1.29, 1.82) is 0 Å². The number of methoxy groups -OCH3 is 3. The third kappa shape index (κ3) is 3.63. The van der Waals surface area contributed by atoms with Crippen LogP contribution in [0.4, 0.5) is 0 Å². The molecule has 0 aliphatic heterocycles. The molecule has 0 aromatic heterocycles. The van der Waals surface area contributed by atoms with Crippen LogP contribution in [0.5, 0.6) is 17.2 Å². The fraction of sp³-hybridized carbons (Fsp3) is 0.143. The van der Waals surface area contributed by atoms with E-state index in [4.69, 9.17) is 31.2 Å². The molecule has 0 fully saturated rings. The Balaban J connectivity index is 2.37. The second-order valence-electron chi connectivity index (χ2n) is 6.01. The molecule has 27 heavy (non-hydrogen) atoms. The summed E-state index contributed by atoms with van der Waals surface area (Å²) in [7, 11) is 20.0. The zero-order valence-electron chi connectivity index (χ0n) is 15.4. The summed E-state index contributed by atoms with van der Waals surface area (Å²) in [5.41, 5.74) is 0. The van der Waals surface area contributed by atoms with E-state index in [2.05, 4.69) is 0 Å². The van der Waals surface area contributed by atoms with Crippen molar-refractivity contribution in [3.8, 4) is 17.2 Å². The molecule has 0 aliphatic rings. The average Bonchev–Trinajstić information content (AvgIpc) is 2.74. The summed E-state index contributed by atoms with van der Waals surface area (Å²) in [5, 5.41) is 0. The zero-order chi connectivity index (χ0) is 19.5. The van der Waals surface area contributed by atoms with Gasteiger partial charge < -0.3 is 0 Å². The van der Waals surface area contributed by atoms with Gasteiger partial charge in [0.25, 0.3) is 0 Å². The molecular formula is C21H21BiCl2O3. The number of rotatable bonds is 6. The Morgan fingerprint density at radius 3 is 1.11 bits per heavy atom. The number of hydrogen-bond acceptors (Lipinski definition) is 3. The van der Waals surface area contributed by atoms with Crippen molar-refractivity contribution in [2.24, 2.45) is 0 Å². The molecular weight excluding hydrogens is 580 g/mol. The van der Waals surface area contributed by atoms with Gasteiger partial charge >= 0.3 is 169 Å². The molecule has 0 saturated heterocycles. The second kappa shape index (κ2) is 7.87. The van der Waals surface area contributed by atoms with E-state index in [9.17, 15) is 0 Å². The molecule has 3 aromatic rings. The number of halogens is 2. The summed E-state index contributed by atoms with van der Waals surface area (Å²) in [5.74, 6) is 2.13. The summed E-state index contributed by atoms with van der Waals surface area (Å²) in [6.07, 6.45) is 0. The van der Waals surface area contributed by atoms with Crippen LogP contribution in [-0.4, -0.2) is 37.7 Å². The topological polar surface area (TPSA) is 27.7 Å². The zero-order valence-corrected chi connectivity index (χ0v) is 20.3. The fourth-order valence-electron chi connectivity index (χ4n) is 3.01. The molecule has 0 bridgehead atoms. The Labute approximate surface area is 168 Å². The molecule has 0 heterocycles. The van der Waals surface area contributed by atoms with Crippen molar-refractivity contribution in [3.63, 3.8) is 0 Å². The van der Waals surface area contributed by atoms with Crippen molar-refractivity contribution in [3.05, 3.63) is 72.8 Å². The van der Waals surface area contributed by atoms with Crippen LogP contribution in [-0.2, 0) is 0 Å². The van der Waals surface area contributed by atoms with Gasteiger partial charge in [0.05, 0.1) is 0 Å². The predicted molar refractivity (Wildman–Crippen MR) is 115 cm³/mol. The SMILES string of the molecule is COc1ccc[c]([Bi]([Cl])([Cl])([c]2cccc(OC)c2)[c]2cccc(OC)c2)c1. The Kier molecular flexibility index (Phi) is 5.91. The van der Waals surface area contributed by atoms with Crippen molar-refractivity contribution in [2.45, 2.75) is 0 Å². The van der Waals surface area contributed by atoms with E-state index in [-0.39, 0.29) is 0 Å². The van der Waals surface area contributed by atoms with E-state index >= 15 is 0 Å². The van der Waals surface area contributed by atoms with Gasteiger partial charge in [-0.2, -0.15) is 0 Å². The molecule has 0 aliphatic carbocycles. The van der Waals surface area contributed by atoms with Crippen LogP contribution in [0.25, 0.3) is 0 Å². The first-order chi connectivity index (χ1) is 12.9. The summed E-state index contributed by atoms with van der Waals surface area (Å²) in [4.78, 5) is 0. The first-order valence-corrected chi connectivity index (χ1v) is 22.1. The van der Waals surface area contributed by atoms with Crippen LogP contribution >= 0.6 is 17.0 Å². The Bertz CT molecular complexity index is 837. The van der Waals surface area contributed by atoms with Gasteiger partial charge in [-0.15, -0.1) is 0 Å². The average molecular weight is 601 g/mol. The van der Waals surface area contributed by atoms with E-state index in [1.807, 2.05) is 72.8 Å². The number of benzene rings is 3. The van der Waals surface area contributed by atoms with Gasteiger partial charge in [-0.1, -0.05) is 0 Å². The summed E-state index contributed by atoms with van der Waals surface area (Å²) in [6.45, 7) is 0. The van der Waals surface area contributed by atoms with Gasteiger partial charge in [-0.3, -0.25) is 0 Å². The van der Waals surface area contributed by atoms with Gasteiger partial charge in [-0.05, 0) is 0 Å². The third-order valence-electron chi connectivity index (χ3n) is 4.52. The molecule has 3 rings (SSSR count). The van der Waals surface area contributed by atoms with Crippen LogP contribution < -0.4 is 24.0 Å². The van der Waals surface area contributed by atoms with Gasteiger partial charge in [0, 0.05) is 0 Å². The maximum atomic E-state index is 7.57. The molecule has 0 unspecified atom stereocenters. The predicted octanol–water partition coefficient (Wildman–Crippen LogP) is 3.61. The van der Waals surface area contributed by atoms with Crippen molar-refractivity contribution >= 4 is 43.2 Å². The molecule has 0 saturated carbocycles. The Morgan fingerprint density at radius 2 is 0.852 bits per heavy atom. The first-order valence-electron chi connectivity index (χ1n) is 8.31. The second-order valence-corrected chi connectivity index (χ2v) is 32.5. The van der Waals surface area contributed by atoms with E-state index < -0.39 is 16.4 Å². The van der Waals surface area contributed by atoms with Crippen LogP contribution in [0.2, 0.25) is 0 Å². The van der Waals surface area contributed by atoms with Crippen LogP contribution in [0.15, 0.2) is 72.8 Å². The van der Waals surface area contributed by atoms with Gasteiger partial charge in [-0.25, -0.2) is 0 Å². The van der Waals surface area contributed by atoms with Crippen LogP contribution in [0.3, 0.4) is 0 Å². The van der Waals surface area contributed by atoms with Gasteiger partial charge in [0.15, 0.2) is 0 Å². The van der Waals surface area contributed by atoms with Crippen LogP contribution in [0, 0.1) is 0 Å². The molecule has 6 heteroatoms. The minimum atomic E-state index is -5.03. The molecule has 0 radical (unpaired) electrons. The molecule has 0 spiro atoms. The molecule has 0 atom stereocenters. The first kappa shape index (κ1) is 20.3. The Morgan fingerprint density at radius 1 is 0.556 bits per heavy atom. The van der Waals surface area contributed by atoms with Crippen molar-refractivity contribution in [2.75, 3.05) is 21.3 Å². The van der Waals surface area contributed by atoms with E-state index in [0.717, 1.165) is 9.81 Å². The minimum absolute atomic E-state index is 0.709. The number of ether oxygens (including phenoxy) is 3. The Hall–Kier alpha value is -1.48. The van der Waals surface area contributed by atoms with Crippen molar-refractivity contribution in [1.82, 2.24) is 0 Å².